The Morgan fingerprint density at radius 3 is 2.78 bits per heavy atom. The lowest BCUT2D eigenvalue weighted by molar-refractivity contribution is 0.113. The molecule has 0 fully saturated rings. The van der Waals surface area contributed by atoms with Crippen LogP contribution < -0.4 is 0 Å². The van der Waals surface area contributed by atoms with Crippen molar-refractivity contribution in [2.75, 3.05) is 12.4 Å². The number of hydrogen-bond donors (Lipinski definition) is 2. The summed E-state index contributed by atoms with van der Waals surface area (Å²) in [6, 6.07) is 9.62. The zero-order chi connectivity index (χ0) is 12.8. The molecule has 0 spiro atoms. The largest absolute Gasteiger partial charge is 0.394 e. The maximum absolute atomic E-state index is 9.24. The SMILES string of the molecule is OCC(O)CSCc1nnnn1-c1ccccc1. The fourth-order valence-corrected chi connectivity index (χ4v) is 2.26. The van der Waals surface area contributed by atoms with E-state index in [4.69, 9.17) is 5.11 Å². The van der Waals surface area contributed by atoms with E-state index in [0.29, 0.717) is 11.5 Å². The van der Waals surface area contributed by atoms with Crippen molar-refractivity contribution in [2.24, 2.45) is 0 Å². The summed E-state index contributed by atoms with van der Waals surface area (Å²) in [7, 11) is 0. The maximum atomic E-state index is 9.24. The van der Waals surface area contributed by atoms with Crippen LogP contribution in [0.5, 0.6) is 0 Å². The third-order valence-electron chi connectivity index (χ3n) is 2.29. The van der Waals surface area contributed by atoms with E-state index in [-0.39, 0.29) is 6.61 Å². The first-order chi connectivity index (χ1) is 8.81. The van der Waals surface area contributed by atoms with Gasteiger partial charge < -0.3 is 10.2 Å². The Labute approximate surface area is 109 Å². The lowest BCUT2D eigenvalue weighted by Gasteiger charge is -2.06. The molecule has 1 unspecified atom stereocenters. The maximum Gasteiger partial charge on any atom is 0.166 e. The lowest BCUT2D eigenvalue weighted by Crippen LogP contribution is -2.15. The summed E-state index contributed by atoms with van der Waals surface area (Å²) in [6.07, 6.45) is -0.698. The Balaban J connectivity index is 2.00. The highest BCUT2D eigenvalue weighted by Gasteiger charge is 2.09. The Hall–Kier alpha value is -1.44. The van der Waals surface area contributed by atoms with E-state index in [1.807, 2.05) is 30.3 Å². The molecule has 7 heteroatoms. The number of para-hydroxylation sites is 1. The minimum Gasteiger partial charge on any atom is -0.394 e. The normalized spacial score (nSPS) is 12.6. The van der Waals surface area contributed by atoms with Crippen molar-refractivity contribution in [3.63, 3.8) is 0 Å². The number of aliphatic hydroxyl groups excluding tert-OH is 2. The lowest BCUT2D eigenvalue weighted by atomic mass is 10.3. The van der Waals surface area contributed by atoms with E-state index in [2.05, 4.69) is 15.5 Å². The molecule has 0 aliphatic carbocycles. The van der Waals surface area contributed by atoms with Gasteiger partial charge in [0.1, 0.15) is 0 Å². The Kier molecular flexibility index (Phi) is 4.68. The standard InChI is InChI=1S/C11H14N4O2S/c16-6-10(17)7-18-8-11-12-13-14-15(11)9-4-2-1-3-5-9/h1-5,10,16-17H,6-8H2. The van der Waals surface area contributed by atoms with Gasteiger partial charge in [0.15, 0.2) is 5.82 Å². The second-order valence-electron chi connectivity index (χ2n) is 3.69. The van der Waals surface area contributed by atoms with Gasteiger partial charge in [0.25, 0.3) is 0 Å². The number of thioether (sulfide) groups is 1. The Bertz CT molecular complexity index is 477. The number of aliphatic hydroxyl groups is 2. The second-order valence-corrected chi connectivity index (χ2v) is 4.72. The number of hydrogen-bond acceptors (Lipinski definition) is 6. The summed E-state index contributed by atoms with van der Waals surface area (Å²) in [5.41, 5.74) is 0.904. The van der Waals surface area contributed by atoms with Gasteiger partial charge in [-0.1, -0.05) is 18.2 Å². The van der Waals surface area contributed by atoms with Crippen LogP contribution in [0.2, 0.25) is 0 Å². The first-order valence-electron chi connectivity index (χ1n) is 5.50. The molecule has 6 nitrogen and oxygen atoms in total. The van der Waals surface area contributed by atoms with Crippen molar-refractivity contribution in [2.45, 2.75) is 11.9 Å². The average molecular weight is 266 g/mol. The van der Waals surface area contributed by atoms with Gasteiger partial charge in [-0.05, 0) is 22.6 Å². The molecule has 2 aromatic rings. The number of nitrogens with zero attached hydrogens (tertiary/aromatic N) is 4. The van der Waals surface area contributed by atoms with Crippen molar-refractivity contribution < 1.29 is 10.2 Å². The number of benzene rings is 1. The van der Waals surface area contributed by atoms with Gasteiger partial charge in [0.05, 0.1) is 24.2 Å². The molecule has 0 bridgehead atoms. The summed E-state index contributed by atoms with van der Waals surface area (Å²) in [5.74, 6) is 1.76. The first kappa shape index (κ1) is 13.0. The summed E-state index contributed by atoms with van der Waals surface area (Å²) in [4.78, 5) is 0. The fourth-order valence-electron chi connectivity index (χ4n) is 1.40. The predicted octanol–water partition coefficient (Wildman–Crippen LogP) is 0.249. The average Bonchev–Trinajstić information content (AvgIpc) is 2.88. The Morgan fingerprint density at radius 2 is 2.06 bits per heavy atom. The zero-order valence-corrected chi connectivity index (χ0v) is 10.5. The Morgan fingerprint density at radius 1 is 1.28 bits per heavy atom. The quantitative estimate of drug-likeness (QED) is 0.779. The molecule has 0 saturated heterocycles. The van der Waals surface area contributed by atoms with Crippen LogP contribution in [0.1, 0.15) is 5.82 Å². The molecule has 2 N–H and O–H groups in total. The highest BCUT2D eigenvalue weighted by Crippen LogP contribution is 2.14. The minimum atomic E-state index is -0.698. The van der Waals surface area contributed by atoms with Crippen LogP contribution in [-0.2, 0) is 5.75 Å². The summed E-state index contributed by atoms with van der Waals surface area (Å²) in [6.45, 7) is -0.226. The summed E-state index contributed by atoms with van der Waals surface area (Å²) < 4.78 is 1.67. The third kappa shape index (κ3) is 3.28. The molecular weight excluding hydrogens is 252 g/mol. The van der Waals surface area contributed by atoms with Crippen LogP contribution in [0.3, 0.4) is 0 Å². The van der Waals surface area contributed by atoms with Gasteiger partial charge in [-0.15, -0.1) is 5.10 Å². The van der Waals surface area contributed by atoms with Crippen LogP contribution >= 0.6 is 11.8 Å². The summed E-state index contributed by atoms with van der Waals surface area (Å²) in [5, 5.41) is 29.5. The van der Waals surface area contributed by atoms with E-state index in [1.54, 1.807) is 4.68 Å². The second kappa shape index (κ2) is 6.48. The molecule has 2 rings (SSSR count). The fraction of sp³-hybridized carbons (Fsp3) is 0.364. The third-order valence-corrected chi connectivity index (χ3v) is 3.37. The van der Waals surface area contributed by atoms with E-state index >= 15 is 0 Å². The predicted molar refractivity (Wildman–Crippen MR) is 68.4 cm³/mol. The van der Waals surface area contributed by atoms with Crippen molar-refractivity contribution in [3.8, 4) is 5.69 Å². The first-order valence-corrected chi connectivity index (χ1v) is 6.66. The molecule has 1 aromatic heterocycles. The van der Waals surface area contributed by atoms with Crippen molar-refractivity contribution in [3.05, 3.63) is 36.2 Å². The summed E-state index contributed by atoms with van der Waals surface area (Å²) >= 11 is 1.48. The van der Waals surface area contributed by atoms with Gasteiger partial charge in [-0.25, -0.2) is 0 Å². The van der Waals surface area contributed by atoms with Crippen molar-refractivity contribution >= 4 is 11.8 Å². The molecule has 1 atom stereocenters. The van der Waals surface area contributed by atoms with Crippen molar-refractivity contribution in [1.29, 1.82) is 0 Å². The van der Waals surface area contributed by atoms with Gasteiger partial charge in [0.2, 0.25) is 0 Å². The van der Waals surface area contributed by atoms with Crippen molar-refractivity contribution in [1.82, 2.24) is 20.2 Å². The molecule has 96 valence electrons. The van der Waals surface area contributed by atoms with Crippen LogP contribution in [0, 0.1) is 0 Å². The topological polar surface area (TPSA) is 84.1 Å². The van der Waals surface area contributed by atoms with Crippen LogP contribution in [-0.4, -0.2) is 48.9 Å². The molecule has 0 radical (unpaired) electrons. The molecule has 1 heterocycles. The van der Waals surface area contributed by atoms with Gasteiger partial charge in [-0.3, -0.25) is 0 Å². The molecule has 0 aliphatic rings. The smallest absolute Gasteiger partial charge is 0.166 e. The highest BCUT2D eigenvalue weighted by molar-refractivity contribution is 7.98. The van der Waals surface area contributed by atoms with Gasteiger partial charge in [0, 0.05) is 5.75 Å². The van der Waals surface area contributed by atoms with Crippen LogP contribution in [0.15, 0.2) is 30.3 Å². The van der Waals surface area contributed by atoms with E-state index in [9.17, 15) is 5.11 Å². The van der Waals surface area contributed by atoms with Gasteiger partial charge in [-0.2, -0.15) is 16.4 Å². The minimum absolute atomic E-state index is 0.226. The molecular formula is C11H14N4O2S. The molecule has 0 saturated carbocycles. The van der Waals surface area contributed by atoms with E-state index < -0.39 is 6.10 Å². The monoisotopic (exact) mass is 266 g/mol. The number of rotatable bonds is 6. The molecule has 1 aromatic carbocycles. The van der Waals surface area contributed by atoms with Crippen LogP contribution in [0.4, 0.5) is 0 Å². The van der Waals surface area contributed by atoms with E-state index in [0.717, 1.165) is 11.5 Å². The molecule has 18 heavy (non-hydrogen) atoms. The van der Waals surface area contributed by atoms with Gasteiger partial charge >= 0.3 is 0 Å². The van der Waals surface area contributed by atoms with E-state index in [1.165, 1.54) is 11.8 Å². The molecule has 0 aliphatic heterocycles. The molecule has 0 amide bonds. The number of aromatic nitrogens is 4. The van der Waals surface area contributed by atoms with Crippen LogP contribution in [0.25, 0.3) is 5.69 Å². The zero-order valence-electron chi connectivity index (χ0n) is 9.68. The number of tetrazole rings is 1. The highest BCUT2D eigenvalue weighted by atomic mass is 32.2.